The van der Waals surface area contributed by atoms with E-state index in [1.165, 1.54) is 0 Å². The van der Waals surface area contributed by atoms with Crippen LogP contribution in [0.1, 0.15) is 17.5 Å². The van der Waals surface area contributed by atoms with Gasteiger partial charge in [-0.25, -0.2) is 4.79 Å². The summed E-state index contributed by atoms with van der Waals surface area (Å²) < 4.78 is 5.41. The Morgan fingerprint density at radius 1 is 1.18 bits per heavy atom. The highest BCUT2D eigenvalue weighted by molar-refractivity contribution is 6.33. The van der Waals surface area contributed by atoms with Gasteiger partial charge < -0.3 is 19.9 Å². The highest BCUT2D eigenvalue weighted by atomic mass is 35.5. The average Bonchev–Trinajstić information content (AvgIpc) is 2.81. The Balaban J connectivity index is 1.52. The van der Waals surface area contributed by atoms with Crippen LogP contribution in [-0.4, -0.2) is 60.2 Å². The van der Waals surface area contributed by atoms with Gasteiger partial charge in [-0.05, 0) is 49.1 Å². The fraction of sp³-hybridized carbons (Fsp3) is 0.360. The van der Waals surface area contributed by atoms with Crippen LogP contribution in [0.25, 0.3) is 10.9 Å². The number of aryl methyl sites for hydroxylation is 1. The van der Waals surface area contributed by atoms with Gasteiger partial charge in [0.15, 0.2) is 0 Å². The maximum absolute atomic E-state index is 13.2. The molecule has 0 unspecified atom stereocenters. The van der Waals surface area contributed by atoms with Crippen molar-refractivity contribution in [2.45, 2.75) is 19.9 Å². The van der Waals surface area contributed by atoms with E-state index in [4.69, 9.17) is 16.3 Å². The fourth-order valence-electron chi connectivity index (χ4n) is 4.01. The largest absolute Gasteiger partial charge is 0.379 e. The number of nitrogens with zero attached hydrogens (tertiary/aromatic N) is 2. The number of urea groups is 1. The number of morpholine rings is 1. The number of halogens is 1. The van der Waals surface area contributed by atoms with Crippen LogP contribution < -0.4 is 10.9 Å². The number of ether oxygens (including phenoxy) is 1. The molecule has 0 aliphatic carbocycles. The lowest BCUT2D eigenvalue weighted by molar-refractivity contribution is 0.0365. The summed E-state index contributed by atoms with van der Waals surface area (Å²) in [5.74, 6) is 0. The topological polar surface area (TPSA) is 77.7 Å². The molecular formula is C25H29ClN4O3. The number of fused-ring (bicyclic) bond motifs is 1. The first-order valence-electron chi connectivity index (χ1n) is 11.2. The summed E-state index contributed by atoms with van der Waals surface area (Å²) in [6.07, 6.45) is 0.792. The number of para-hydroxylation sites is 1. The van der Waals surface area contributed by atoms with Crippen molar-refractivity contribution in [2.75, 3.05) is 44.7 Å². The van der Waals surface area contributed by atoms with Crippen molar-refractivity contribution < 1.29 is 9.53 Å². The predicted molar refractivity (Wildman–Crippen MR) is 132 cm³/mol. The van der Waals surface area contributed by atoms with Gasteiger partial charge in [-0.1, -0.05) is 35.4 Å². The Bertz CT molecular complexity index is 1170. The monoisotopic (exact) mass is 468 g/mol. The lowest BCUT2D eigenvalue weighted by atomic mass is 10.1. The van der Waals surface area contributed by atoms with E-state index in [0.717, 1.165) is 55.7 Å². The highest BCUT2D eigenvalue weighted by Crippen LogP contribution is 2.21. The summed E-state index contributed by atoms with van der Waals surface area (Å²) in [4.78, 5) is 32.9. The summed E-state index contributed by atoms with van der Waals surface area (Å²) >= 11 is 6.24. The summed E-state index contributed by atoms with van der Waals surface area (Å²) in [5, 5.41) is 4.31. The molecule has 2 heterocycles. The minimum atomic E-state index is -0.284. The Hall–Kier alpha value is -2.87. The molecule has 7 nitrogen and oxygen atoms in total. The molecule has 2 amide bonds. The van der Waals surface area contributed by atoms with Gasteiger partial charge in [-0.2, -0.15) is 0 Å². The zero-order chi connectivity index (χ0) is 23.2. The Labute approximate surface area is 198 Å². The molecule has 8 heteroatoms. The fourth-order valence-corrected chi connectivity index (χ4v) is 4.20. The third-order valence-corrected chi connectivity index (χ3v) is 6.18. The summed E-state index contributed by atoms with van der Waals surface area (Å²) in [6, 6.07) is 14.6. The van der Waals surface area contributed by atoms with E-state index >= 15 is 0 Å². The number of amides is 2. The van der Waals surface area contributed by atoms with E-state index in [1.54, 1.807) is 17.0 Å². The number of aromatic amines is 1. The van der Waals surface area contributed by atoms with Crippen molar-refractivity contribution in [2.24, 2.45) is 0 Å². The summed E-state index contributed by atoms with van der Waals surface area (Å²) in [7, 11) is 0. The van der Waals surface area contributed by atoms with Gasteiger partial charge in [-0.3, -0.25) is 9.69 Å². The quantitative estimate of drug-likeness (QED) is 0.543. The number of H-pyrrole nitrogens is 1. The SMILES string of the molecule is Cc1ccc2[nH]c(=O)c(CN(CCCN3CCOCC3)C(=O)Nc3ccccc3Cl)cc2c1. The number of benzene rings is 2. The minimum absolute atomic E-state index is 0.185. The molecule has 1 fully saturated rings. The van der Waals surface area contributed by atoms with Gasteiger partial charge in [0.05, 0.1) is 30.5 Å². The second-order valence-corrected chi connectivity index (χ2v) is 8.76. The molecule has 1 aromatic heterocycles. The van der Waals surface area contributed by atoms with E-state index in [2.05, 4.69) is 15.2 Å². The number of hydrogen-bond acceptors (Lipinski definition) is 4. The van der Waals surface area contributed by atoms with Crippen LogP contribution in [-0.2, 0) is 11.3 Å². The molecule has 0 bridgehead atoms. The second kappa shape index (κ2) is 10.8. The molecule has 33 heavy (non-hydrogen) atoms. The molecule has 1 aliphatic heterocycles. The first kappa shape index (κ1) is 23.3. The molecule has 2 N–H and O–H groups in total. The Morgan fingerprint density at radius 3 is 2.76 bits per heavy atom. The standard InChI is InChI=1S/C25H29ClN4O3/c1-18-7-8-22-19(15-18)16-20(24(31)27-22)17-30(10-4-9-29-11-13-33-14-12-29)25(32)28-23-6-3-2-5-21(23)26/h2-3,5-8,15-16H,4,9-14,17H2,1H3,(H,27,31)(H,28,32). The highest BCUT2D eigenvalue weighted by Gasteiger charge is 2.18. The Morgan fingerprint density at radius 2 is 1.97 bits per heavy atom. The molecule has 3 aromatic rings. The molecule has 0 saturated carbocycles. The number of carbonyl (C=O) groups excluding carboxylic acids is 1. The molecule has 2 aromatic carbocycles. The van der Waals surface area contributed by atoms with E-state index in [1.807, 2.05) is 43.3 Å². The first-order valence-corrected chi connectivity index (χ1v) is 11.6. The molecule has 1 saturated heterocycles. The molecule has 1 aliphatic rings. The van der Waals surface area contributed by atoms with Crippen LogP contribution in [0.3, 0.4) is 0 Å². The molecule has 4 rings (SSSR count). The zero-order valence-corrected chi connectivity index (χ0v) is 19.5. The smallest absolute Gasteiger partial charge is 0.322 e. The lowest BCUT2D eigenvalue weighted by Crippen LogP contribution is -2.40. The van der Waals surface area contributed by atoms with E-state index in [9.17, 15) is 9.59 Å². The van der Waals surface area contributed by atoms with Crippen molar-refractivity contribution >= 4 is 34.2 Å². The second-order valence-electron chi connectivity index (χ2n) is 8.35. The molecule has 0 spiro atoms. The normalized spacial score (nSPS) is 14.4. The van der Waals surface area contributed by atoms with Crippen molar-refractivity contribution in [3.8, 4) is 0 Å². The molecule has 0 radical (unpaired) electrons. The van der Waals surface area contributed by atoms with E-state index in [0.29, 0.717) is 22.8 Å². The minimum Gasteiger partial charge on any atom is -0.379 e. The number of nitrogens with one attached hydrogen (secondary N) is 2. The molecule has 0 atom stereocenters. The number of pyridine rings is 1. The van der Waals surface area contributed by atoms with Gasteiger partial charge in [0.25, 0.3) is 5.56 Å². The van der Waals surface area contributed by atoms with Crippen molar-refractivity contribution in [1.29, 1.82) is 0 Å². The van der Waals surface area contributed by atoms with Crippen molar-refractivity contribution in [3.63, 3.8) is 0 Å². The van der Waals surface area contributed by atoms with Crippen LogP contribution in [0.4, 0.5) is 10.5 Å². The predicted octanol–water partition coefficient (Wildman–Crippen LogP) is 4.25. The average molecular weight is 469 g/mol. The van der Waals surface area contributed by atoms with Gasteiger partial charge >= 0.3 is 6.03 Å². The van der Waals surface area contributed by atoms with Crippen LogP contribution in [0.2, 0.25) is 5.02 Å². The van der Waals surface area contributed by atoms with E-state index in [-0.39, 0.29) is 18.1 Å². The molecule has 174 valence electrons. The van der Waals surface area contributed by atoms with Gasteiger partial charge in [-0.15, -0.1) is 0 Å². The lowest BCUT2D eigenvalue weighted by Gasteiger charge is -2.28. The van der Waals surface area contributed by atoms with E-state index < -0.39 is 0 Å². The number of hydrogen-bond donors (Lipinski definition) is 2. The third-order valence-electron chi connectivity index (χ3n) is 5.85. The summed E-state index contributed by atoms with van der Waals surface area (Å²) in [6.45, 7) is 6.87. The first-order chi connectivity index (χ1) is 16.0. The Kier molecular flexibility index (Phi) is 7.65. The van der Waals surface area contributed by atoms with Gasteiger partial charge in [0.2, 0.25) is 0 Å². The van der Waals surface area contributed by atoms with Gasteiger partial charge in [0, 0.05) is 37.3 Å². The van der Waals surface area contributed by atoms with Crippen molar-refractivity contribution in [3.05, 3.63) is 75.0 Å². The van der Waals surface area contributed by atoms with Crippen LogP contribution >= 0.6 is 11.6 Å². The maximum atomic E-state index is 13.2. The number of anilines is 1. The number of carbonyl (C=O) groups is 1. The van der Waals surface area contributed by atoms with Crippen LogP contribution in [0.15, 0.2) is 53.3 Å². The van der Waals surface area contributed by atoms with Crippen LogP contribution in [0.5, 0.6) is 0 Å². The molecular weight excluding hydrogens is 440 g/mol. The number of aromatic nitrogens is 1. The zero-order valence-electron chi connectivity index (χ0n) is 18.8. The van der Waals surface area contributed by atoms with Crippen molar-refractivity contribution in [1.82, 2.24) is 14.8 Å². The van der Waals surface area contributed by atoms with Gasteiger partial charge in [0.1, 0.15) is 0 Å². The summed E-state index contributed by atoms with van der Waals surface area (Å²) in [5.41, 5.74) is 2.81. The number of rotatable bonds is 7. The maximum Gasteiger partial charge on any atom is 0.322 e. The van der Waals surface area contributed by atoms with Crippen LogP contribution in [0, 0.1) is 6.92 Å². The third kappa shape index (κ3) is 6.13.